The number of piperidine rings is 1. The third-order valence-corrected chi connectivity index (χ3v) is 4.22. The van der Waals surface area contributed by atoms with Gasteiger partial charge in [0.1, 0.15) is 12.4 Å². The number of carbonyl (C=O) groups is 1. The third kappa shape index (κ3) is 3.90. The molecular weight excluding hydrogens is 324 g/mol. The maximum atomic E-state index is 12.6. The van der Waals surface area contributed by atoms with Crippen molar-refractivity contribution >= 4 is 11.6 Å². The monoisotopic (exact) mass is 342 g/mol. The Morgan fingerprint density at radius 2 is 2.08 bits per heavy atom. The Kier molecular flexibility index (Phi) is 4.87. The summed E-state index contributed by atoms with van der Waals surface area (Å²) < 4.78 is 5.78. The molecule has 1 fully saturated rings. The molecule has 1 amide bonds. The van der Waals surface area contributed by atoms with E-state index in [1.807, 2.05) is 0 Å². The molecule has 3 rings (SSSR count). The van der Waals surface area contributed by atoms with Crippen LogP contribution in [0, 0.1) is 17.0 Å². The van der Waals surface area contributed by atoms with Gasteiger partial charge in [0.05, 0.1) is 4.92 Å². The first-order valence-corrected chi connectivity index (χ1v) is 8.01. The van der Waals surface area contributed by atoms with Crippen molar-refractivity contribution in [2.24, 2.45) is 0 Å². The van der Waals surface area contributed by atoms with Crippen molar-refractivity contribution in [3.63, 3.8) is 0 Å². The molecule has 2 heterocycles. The Labute approximate surface area is 144 Å². The summed E-state index contributed by atoms with van der Waals surface area (Å²) in [6, 6.07) is 6.29. The van der Waals surface area contributed by atoms with Gasteiger partial charge in [-0.05, 0) is 13.0 Å². The van der Waals surface area contributed by atoms with Gasteiger partial charge in [-0.15, -0.1) is 0 Å². The van der Waals surface area contributed by atoms with E-state index in [2.05, 4.69) is 9.97 Å². The molecule has 2 aromatic rings. The summed E-state index contributed by atoms with van der Waals surface area (Å²) >= 11 is 0. The van der Waals surface area contributed by atoms with E-state index in [0.717, 1.165) is 0 Å². The fourth-order valence-electron chi connectivity index (χ4n) is 2.82. The number of aryl methyl sites for hydroxylation is 1. The van der Waals surface area contributed by atoms with Gasteiger partial charge >= 0.3 is 0 Å². The Morgan fingerprint density at radius 3 is 2.72 bits per heavy atom. The highest BCUT2D eigenvalue weighted by molar-refractivity contribution is 5.95. The second kappa shape index (κ2) is 7.25. The van der Waals surface area contributed by atoms with Gasteiger partial charge in [0.15, 0.2) is 0 Å². The van der Waals surface area contributed by atoms with E-state index in [4.69, 9.17) is 4.74 Å². The Balaban J connectivity index is 1.62. The normalized spacial score (nSPS) is 15.0. The molecule has 0 radical (unpaired) electrons. The van der Waals surface area contributed by atoms with Crippen LogP contribution in [0.4, 0.5) is 5.69 Å². The SMILES string of the molecule is Cc1ccc(C(=O)N2CCC(Oc3ccncn3)CC2)cc1[N+](=O)[O-]. The summed E-state index contributed by atoms with van der Waals surface area (Å²) in [7, 11) is 0. The largest absolute Gasteiger partial charge is 0.474 e. The van der Waals surface area contributed by atoms with Crippen molar-refractivity contribution in [2.75, 3.05) is 13.1 Å². The second-order valence-electron chi connectivity index (χ2n) is 5.92. The molecule has 1 aromatic heterocycles. The number of rotatable bonds is 4. The molecule has 0 saturated carbocycles. The fourth-order valence-corrected chi connectivity index (χ4v) is 2.82. The molecule has 1 saturated heterocycles. The van der Waals surface area contributed by atoms with Crippen LogP contribution in [0.3, 0.4) is 0 Å². The van der Waals surface area contributed by atoms with Crippen LogP contribution in [0.2, 0.25) is 0 Å². The van der Waals surface area contributed by atoms with E-state index in [1.165, 1.54) is 12.4 Å². The smallest absolute Gasteiger partial charge is 0.273 e. The van der Waals surface area contributed by atoms with Crippen LogP contribution in [-0.4, -0.2) is 44.9 Å². The molecule has 0 N–H and O–H groups in total. The lowest BCUT2D eigenvalue weighted by Crippen LogP contribution is -2.41. The molecule has 8 nitrogen and oxygen atoms in total. The lowest BCUT2D eigenvalue weighted by atomic mass is 10.0. The number of nitro benzene ring substituents is 1. The highest BCUT2D eigenvalue weighted by atomic mass is 16.6. The van der Waals surface area contributed by atoms with Crippen LogP contribution in [0.15, 0.2) is 36.8 Å². The molecule has 25 heavy (non-hydrogen) atoms. The van der Waals surface area contributed by atoms with Gasteiger partial charge in [-0.2, -0.15) is 0 Å². The van der Waals surface area contributed by atoms with E-state index in [1.54, 1.807) is 36.2 Å². The van der Waals surface area contributed by atoms with Crippen molar-refractivity contribution in [1.29, 1.82) is 0 Å². The number of likely N-dealkylation sites (tertiary alicyclic amines) is 1. The van der Waals surface area contributed by atoms with Crippen molar-refractivity contribution in [1.82, 2.24) is 14.9 Å². The lowest BCUT2D eigenvalue weighted by molar-refractivity contribution is -0.385. The maximum Gasteiger partial charge on any atom is 0.273 e. The molecule has 1 aliphatic heterocycles. The Morgan fingerprint density at radius 1 is 1.32 bits per heavy atom. The quantitative estimate of drug-likeness (QED) is 0.625. The average Bonchev–Trinajstić information content (AvgIpc) is 2.63. The van der Waals surface area contributed by atoms with Crippen molar-refractivity contribution < 1.29 is 14.5 Å². The number of hydrogen-bond donors (Lipinski definition) is 0. The minimum absolute atomic E-state index is 0.00805. The zero-order valence-corrected chi connectivity index (χ0v) is 13.8. The van der Waals surface area contributed by atoms with Crippen LogP contribution in [0.5, 0.6) is 5.88 Å². The molecule has 130 valence electrons. The van der Waals surface area contributed by atoms with Gasteiger partial charge in [-0.1, -0.05) is 6.07 Å². The highest BCUT2D eigenvalue weighted by Crippen LogP contribution is 2.22. The summed E-state index contributed by atoms with van der Waals surface area (Å²) in [6.45, 7) is 2.73. The number of nitrogens with zero attached hydrogens (tertiary/aromatic N) is 4. The average molecular weight is 342 g/mol. The summed E-state index contributed by atoms with van der Waals surface area (Å²) in [5.41, 5.74) is 0.846. The fraction of sp³-hybridized carbons (Fsp3) is 0.353. The van der Waals surface area contributed by atoms with Crippen molar-refractivity contribution in [3.8, 4) is 5.88 Å². The number of carbonyl (C=O) groups excluding carboxylic acids is 1. The number of aromatic nitrogens is 2. The standard InChI is InChI=1S/C17H18N4O4/c1-12-2-3-13(10-15(12)21(23)24)17(22)20-8-5-14(6-9-20)25-16-4-7-18-11-19-16/h2-4,7,10-11,14H,5-6,8-9H2,1H3. The molecule has 1 aromatic carbocycles. The van der Waals surface area contributed by atoms with Crippen LogP contribution in [-0.2, 0) is 0 Å². The molecule has 0 aliphatic carbocycles. The van der Waals surface area contributed by atoms with E-state index in [9.17, 15) is 14.9 Å². The van der Waals surface area contributed by atoms with Crippen molar-refractivity contribution in [2.45, 2.75) is 25.9 Å². The maximum absolute atomic E-state index is 12.6. The van der Waals surface area contributed by atoms with Gasteiger partial charge in [0.2, 0.25) is 5.88 Å². The molecule has 0 spiro atoms. The Hall–Kier alpha value is -3.03. The predicted octanol–water partition coefficient (Wildman–Crippen LogP) is 2.38. The van der Waals surface area contributed by atoms with Gasteiger partial charge in [-0.25, -0.2) is 9.97 Å². The summed E-state index contributed by atoms with van der Waals surface area (Å²) in [6.07, 6.45) is 4.41. The lowest BCUT2D eigenvalue weighted by Gasteiger charge is -2.32. The molecule has 0 unspecified atom stereocenters. The summed E-state index contributed by atoms with van der Waals surface area (Å²) in [5.74, 6) is 0.331. The molecule has 1 aliphatic rings. The van der Waals surface area contributed by atoms with Crippen LogP contribution in [0.1, 0.15) is 28.8 Å². The van der Waals surface area contributed by atoms with Crippen LogP contribution < -0.4 is 4.74 Å². The summed E-state index contributed by atoms with van der Waals surface area (Å²) in [4.78, 5) is 32.7. The number of amides is 1. The zero-order valence-electron chi connectivity index (χ0n) is 13.8. The number of hydrogen-bond acceptors (Lipinski definition) is 6. The predicted molar refractivity (Wildman–Crippen MR) is 89.4 cm³/mol. The summed E-state index contributed by atoms with van der Waals surface area (Å²) in [5, 5.41) is 11.0. The van der Waals surface area contributed by atoms with Gasteiger partial charge < -0.3 is 9.64 Å². The van der Waals surface area contributed by atoms with E-state index in [-0.39, 0.29) is 17.7 Å². The van der Waals surface area contributed by atoms with Crippen molar-refractivity contribution in [3.05, 3.63) is 58.0 Å². The third-order valence-electron chi connectivity index (χ3n) is 4.22. The van der Waals surface area contributed by atoms with Crippen LogP contribution >= 0.6 is 0 Å². The van der Waals surface area contributed by atoms with Gasteiger partial charge in [0.25, 0.3) is 11.6 Å². The molecule has 0 atom stereocenters. The van der Waals surface area contributed by atoms with E-state index >= 15 is 0 Å². The number of nitro groups is 1. The Bertz CT molecular complexity index is 773. The van der Waals surface area contributed by atoms with E-state index < -0.39 is 4.92 Å². The minimum atomic E-state index is -0.464. The van der Waals surface area contributed by atoms with Gasteiger partial charge in [-0.3, -0.25) is 14.9 Å². The second-order valence-corrected chi connectivity index (χ2v) is 5.92. The molecule has 8 heteroatoms. The first-order chi connectivity index (χ1) is 12.0. The zero-order chi connectivity index (χ0) is 17.8. The molecule has 0 bridgehead atoms. The molecular formula is C17H18N4O4. The highest BCUT2D eigenvalue weighted by Gasteiger charge is 2.26. The number of benzene rings is 1. The first-order valence-electron chi connectivity index (χ1n) is 8.01. The minimum Gasteiger partial charge on any atom is -0.474 e. The number of ether oxygens (including phenoxy) is 1. The first kappa shape index (κ1) is 16.8. The van der Waals surface area contributed by atoms with Gasteiger partial charge in [0, 0.05) is 55.4 Å². The topological polar surface area (TPSA) is 98.5 Å². The van der Waals surface area contributed by atoms with Crippen LogP contribution in [0.25, 0.3) is 0 Å². The van der Waals surface area contributed by atoms with E-state index in [0.29, 0.717) is 42.9 Å².